The number of hydrogen-bond acceptors (Lipinski definition) is 5. The molecule has 1 amide bonds. The lowest BCUT2D eigenvalue weighted by Crippen LogP contribution is -2.38. The van der Waals surface area contributed by atoms with Crippen molar-refractivity contribution in [3.63, 3.8) is 0 Å². The van der Waals surface area contributed by atoms with Crippen LogP contribution in [0.5, 0.6) is 5.75 Å². The summed E-state index contributed by atoms with van der Waals surface area (Å²) in [6.45, 7) is 1.28. The number of hydrogen-bond donors (Lipinski definition) is 1. The summed E-state index contributed by atoms with van der Waals surface area (Å²) in [6, 6.07) is 10.2. The Morgan fingerprint density at radius 1 is 1.10 bits per heavy atom. The van der Waals surface area contributed by atoms with Gasteiger partial charge in [0.1, 0.15) is 11.4 Å². The zero-order chi connectivity index (χ0) is 28.1. The fourth-order valence-electron chi connectivity index (χ4n) is 4.79. The topological polar surface area (TPSA) is 93.4 Å². The number of para-hydroxylation sites is 2. The molecular formula is C26H23F5N4O4. The van der Waals surface area contributed by atoms with Crippen LogP contribution in [-0.4, -0.2) is 50.8 Å². The Labute approximate surface area is 218 Å². The van der Waals surface area contributed by atoms with Gasteiger partial charge in [-0.05, 0) is 48.7 Å². The highest BCUT2D eigenvalue weighted by atomic mass is 19.4. The van der Waals surface area contributed by atoms with Crippen molar-refractivity contribution in [2.24, 2.45) is 0 Å². The number of fused-ring (bicyclic) bond motifs is 2. The Bertz CT molecular complexity index is 1600. The van der Waals surface area contributed by atoms with Crippen LogP contribution in [0.2, 0.25) is 0 Å². The summed E-state index contributed by atoms with van der Waals surface area (Å²) >= 11 is 0. The molecule has 13 heteroatoms. The molecule has 1 aliphatic rings. The molecule has 1 aliphatic heterocycles. The third kappa shape index (κ3) is 5.12. The molecule has 1 atom stereocenters. The molecule has 0 saturated heterocycles. The van der Waals surface area contributed by atoms with Crippen LogP contribution in [0.15, 0.2) is 51.7 Å². The van der Waals surface area contributed by atoms with Crippen molar-refractivity contribution in [1.82, 2.24) is 19.7 Å². The van der Waals surface area contributed by atoms with Crippen LogP contribution in [-0.2, 0) is 0 Å². The number of aromatic amines is 1. The molecule has 1 unspecified atom stereocenters. The number of amides is 1. The highest BCUT2D eigenvalue weighted by Crippen LogP contribution is 2.43. The van der Waals surface area contributed by atoms with Crippen molar-refractivity contribution in [3.8, 4) is 11.6 Å². The van der Waals surface area contributed by atoms with E-state index in [1.54, 1.807) is 43.3 Å². The average molecular weight is 550 g/mol. The molecule has 5 rings (SSSR count). The highest BCUT2D eigenvalue weighted by Gasteiger charge is 2.46. The van der Waals surface area contributed by atoms with Gasteiger partial charge in [0, 0.05) is 13.3 Å². The molecule has 2 aromatic heterocycles. The van der Waals surface area contributed by atoms with Crippen LogP contribution >= 0.6 is 0 Å². The first-order valence-electron chi connectivity index (χ1n) is 12.0. The molecular weight excluding hydrogens is 527 g/mol. The second kappa shape index (κ2) is 9.54. The van der Waals surface area contributed by atoms with E-state index in [-0.39, 0.29) is 35.7 Å². The van der Waals surface area contributed by atoms with Crippen molar-refractivity contribution in [1.29, 1.82) is 0 Å². The molecule has 0 fully saturated rings. The number of oxazole rings is 1. The maximum atomic E-state index is 14.2. The number of H-pyrrole nitrogens is 1. The van der Waals surface area contributed by atoms with Crippen molar-refractivity contribution in [2.75, 3.05) is 13.2 Å². The van der Waals surface area contributed by atoms with Gasteiger partial charge in [0.05, 0.1) is 30.3 Å². The van der Waals surface area contributed by atoms with Gasteiger partial charge in [-0.1, -0.05) is 18.2 Å². The van der Waals surface area contributed by atoms with E-state index >= 15 is 0 Å². The molecule has 0 bridgehead atoms. The van der Waals surface area contributed by atoms with Gasteiger partial charge in [-0.15, -0.1) is 0 Å². The fraction of sp³-hybridized carbons (Fsp3) is 0.346. The number of rotatable bonds is 8. The number of alkyl halides is 5. The third-order valence-corrected chi connectivity index (χ3v) is 6.37. The number of carbonyl (C=O) groups excluding carboxylic acids is 1. The van der Waals surface area contributed by atoms with E-state index in [1.165, 1.54) is 10.6 Å². The molecule has 0 aliphatic carbocycles. The van der Waals surface area contributed by atoms with E-state index in [1.807, 2.05) is 0 Å². The van der Waals surface area contributed by atoms with E-state index in [2.05, 4.69) is 10.2 Å². The third-order valence-electron chi connectivity index (χ3n) is 6.37. The molecule has 4 aromatic rings. The molecule has 0 radical (unpaired) electrons. The van der Waals surface area contributed by atoms with E-state index in [0.717, 1.165) is 4.90 Å². The quantitative estimate of drug-likeness (QED) is 0.230. The Morgan fingerprint density at radius 3 is 2.54 bits per heavy atom. The van der Waals surface area contributed by atoms with Crippen molar-refractivity contribution < 1.29 is 35.9 Å². The van der Waals surface area contributed by atoms with Gasteiger partial charge in [-0.25, -0.2) is 18.1 Å². The molecule has 0 saturated carbocycles. The first-order valence-corrected chi connectivity index (χ1v) is 12.0. The summed E-state index contributed by atoms with van der Waals surface area (Å²) in [6.07, 6.45) is -5.50. The smallest absolute Gasteiger partial charge is 0.425 e. The summed E-state index contributed by atoms with van der Waals surface area (Å²) < 4.78 is 77.7. The zero-order valence-electron chi connectivity index (χ0n) is 20.8. The van der Waals surface area contributed by atoms with Crippen molar-refractivity contribution in [2.45, 2.75) is 44.8 Å². The van der Waals surface area contributed by atoms with Gasteiger partial charge >= 0.3 is 11.9 Å². The first-order chi connectivity index (χ1) is 18.3. The number of benzene rings is 2. The number of nitrogens with one attached hydrogen (secondary N) is 1. The average Bonchev–Trinajstić information content (AvgIpc) is 3.47. The SMILES string of the molecule is Cc1cc(C2c3c(-n4c(=O)oc5ccccc54)n[nH]c3C(=O)N2CC(C)(F)F)ccc1OCCCC(F)(F)F. The van der Waals surface area contributed by atoms with Crippen molar-refractivity contribution in [3.05, 3.63) is 75.4 Å². The normalized spacial score (nSPS) is 15.8. The maximum absolute atomic E-state index is 14.2. The second-order valence-electron chi connectivity index (χ2n) is 9.50. The summed E-state index contributed by atoms with van der Waals surface area (Å²) in [5, 5.41) is 6.78. The first kappa shape index (κ1) is 26.4. The van der Waals surface area contributed by atoms with E-state index < -0.39 is 42.8 Å². The lowest BCUT2D eigenvalue weighted by Gasteiger charge is -2.29. The summed E-state index contributed by atoms with van der Waals surface area (Å²) in [5.74, 6) is -4.37. The Morgan fingerprint density at radius 2 is 1.85 bits per heavy atom. The molecule has 39 heavy (non-hydrogen) atoms. The number of aromatic nitrogens is 3. The van der Waals surface area contributed by atoms with Gasteiger partial charge in [0.2, 0.25) is 0 Å². The predicted molar refractivity (Wildman–Crippen MR) is 129 cm³/mol. The minimum atomic E-state index is -4.29. The molecule has 8 nitrogen and oxygen atoms in total. The standard InChI is InChI=1S/C26H23F5N4O4/c1-14-12-15(8-9-17(14)38-11-5-10-26(29,30)31)21-19-20(23(36)34(21)13-25(2,27)28)32-33-22(19)35-16-6-3-4-7-18(16)39-24(35)37/h3-4,6-9,12,21H,5,10-11,13H2,1-2H3,(H,32,33). The number of halogens is 5. The number of aryl methyl sites for hydroxylation is 1. The Balaban J connectivity index is 1.56. The number of ether oxygens (including phenoxy) is 1. The Hall–Kier alpha value is -4.16. The number of nitrogens with zero attached hydrogens (tertiary/aromatic N) is 3. The second-order valence-corrected chi connectivity index (χ2v) is 9.50. The van der Waals surface area contributed by atoms with Gasteiger partial charge in [0.25, 0.3) is 11.8 Å². The van der Waals surface area contributed by atoms with Crippen LogP contribution in [0.3, 0.4) is 0 Å². The van der Waals surface area contributed by atoms with E-state index in [9.17, 15) is 31.5 Å². The molecule has 2 aromatic carbocycles. The van der Waals surface area contributed by atoms with E-state index in [0.29, 0.717) is 29.3 Å². The minimum Gasteiger partial charge on any atom is -0.493 e. The lowest BCUT2D eigenvalue weighted by atomic mass is 9.98. The fourth-order valence-corrected chi connectivity index (χ4v) is 4.79. The van der Waals surface area contributed by atoms with Crippen molar-refractivity contribution >= 4 is 17.0 Å². The largest absolute Gasteiger partial charge is 0.493 e. The van der Waals surface area contributed by atoms with E-state index in [4.69, 9.17) is 9.15 Å². The monoisotopic (exact) mass is 550 g/mol. The highest BCUT2D eigenvalue weighted by molar-refractivity contribution is 5.99. The summed E-state index contributed by atoms with van der Waals surface area (Å²) in [7, 11) is 0. The zero-order valence-corrected chi connectivity index (χ0v) is 20.8. The van der Waals surface area contributed by atoms with Gasteiger partial charge in [0.15, 0.2) is 11.4 Å². The van der Waals surface area contributed by atoms with Crippen LogP contribution in [0, 0.1) is 6.92 Å². The molecule has 1 N–H and O–H groups in total. The maximum Gasteiger partial charge on any atom is 0.425 e. The Kier molecular flexibility index (Phi) is 6.47. The number of carbonyl (C=O) groups is 1. The van der Waals surface area contributed by atoms with Gasteiger partial charge < -0.3 is 14.1 Å². The summed E-state index contributed by atoms with van der Waals surface area (Å²) in [5.41, 5.74) is 1.79. The minimum absolute atomic E-state index is 0.0327. The van der Waals surface area contributed by atoms with Gasteiger partial charge in [-0.2, -0.15) is 18.3 Å². The molecule has 206 valence electrons. The van der Waals surface area contributed by atoms with Gasteiger partial charge in [-0.3, -0.25) is 9.89 Å². The van der Waals surface area contributed by atoms with Crippen LogP contribution in [0.1, 0.15) is 53.0 Å². The lowest BCUT2D eigenvalue weighted by molar-refractivity contribution is -0.136. The van der Waals surface area contributed by atoms with Crippen LogP contribution < -0.4 is 10.5 Å². The predicted octanol–water partition coefficient (Wildman–Crippen LogP) is 5.54. The summed E-state index contributed by atoms with van der Waals surface area (Å²) in [4.78, 5) is 27.1. The molecule has 0 spiro atoms. The van der Waals surface area contributed by atoms with Crippen LogP contribution in [0.25, 0.3) is 16.9 Å². The van der Waals surface area contributed by atoms with Crippen LogP contribution in [0.4, 0.5) is 22.0 Å². The molecule has 3 heterocycles.